The zero-order valence-electron chi connectivity index (χ0n) is 10.3. The van der Waals surface area contributed by atoms with Gasteiger partial charge in [0.2, 0.25) is 5.91 Å². The number of alkyl halides is 1. The average Bonchev–Trinajstić information content (AvgIpc) is 2.34. The standard InChI is InChI=1S/C12H16BrNO3S/c1-9(18(2,16)17)12(15)14-8-11-5-3-10(7-13)4-6-11/h3-6,9H,7-8H2,1-2H3,(H,14,15). The highest BCUT2D eigenvalue weighted by atomic mass is 79.9. The summed E-state index contributed by atoms with van der Waals surface area (Å²) in [7, 11) is -3.34. The van der Waals surface area contributed by atoms with Crippen LogP contribution in [0.4, 0.5) is 0 Å². The highest BCUT2D eigenvalue weighted by molar-refractivity contribution is 9.08. The van der Waals surface area contributed by atoms with Crippen molar-refractivity contribution in [2.45, 2.75) is 24.0 Å². The Morgan fingerprint density at radius 2 is 1.78 bits per heavy atom. The molecule has 0 aromatic heterocycles. The van der Waals surface area contributed by atoms with Crippen molar-refractivity contribution in [3.63, 3.8) is 0 Å². The van der Waals surface area contributed by atoms with Gasteiger partial charge in [-0.25, -0.2) is 8.42 Å². The first-order valence-corrected chi connectivity index (χ1v) is 8.52. The van der Waals surface area contributed by atoms with Gasteiger partial charge < -0.3 is 5.32 Å². The smallest absolute Gasteiger partial charge is 0.238 e. The van der Waals surface area contributed by atoms with Crippen LogP contribution in [0.15, 0.2) is 24.3 Å². The number of sulfone groups is 1. The SMILES string of the molecule is CC(C(=O)NCc1ccc(CBr)cc1)S(C)(=O)=O. The third-order valence-corrected chi connectivity index (χ3v) is 4.80. The summed E-state index contributed by atoms with van der Waals surface area (Å²) >= 11 is 3.35. The van der Waals surface area contributed by atoms with E-state index in [-0.39, 0.29) is 0 Å². The predicted molar refractivity (Wildman–Crippen MR) is 75.2 cm³/mol. The Morgan fingerprint density at radius 3 is 2.22 bits per heavy atom. The van der Waals surface area contributed by atoms with Gasteiger partial charge in [0.15, 0.2) is 9.84 Å². The summed E-state index contributed by atoms with van der Waals surface area (Å²) in [5.41, 5.74) is 2.09. The van der Waals surface area contributed by atoms with Crippen LogP contribution in [-0.2, 0) is 26.5 Å². The van der Waals surface area contributed by atoms with Crippen molar-refractivity contribution < 1.29 is 13.2 Å². The van der Waals surface area contributed by atoms with Gasteiger partial charge in [-0.2, -0.15) is 0 Å². The lowest BCUT2D eigenvalue weighted by atomic mass is 10.1. The van der Waals surface area contributed by atoms with E-state index in [0.717, 1.165) is 22.7 Å². The molecule has 0 fully saturated rings. The molecular formula is C12H16BrNO3S. The van der Waals surface area contributed by atoms with E-state index in [9.17, 15) is 13.2 Å². The topological polar surface area (TPSA) is 63.2 Å². The zero-order chi connectivity index (χ0) is 13.8. The van der Waals surface area contributed by atoms with Gasteiger partial charge in [-0.3, -0.25) is 4.79 Å². The highest BCUT2D eigenvalue weighted by Gasteiger charge is 2.22. The molecule has 1 rings (SSSR count). The number of hydrogen-bond donors (Lipinski definition) is 1. The van der Waals surface area contributed by atoms with Gasteiger partial charge in [0.25, 0.3) is 0 Å². The first-order chi connectivity index (χ1) is 8.34. The number of benzene rings is 1. The van der Waals surface area contributed by atoms with E-state index >= 15 is 0 Å². The zero-order valence-corrected chi connectivity index (χ0v) is 12.7. The summed E-state index contributed by atoms with van der Waals surface area (Å²) in [5, 5.41) is 2.38. The molecule has 0 aliphatic heterocycles. The van der Waals surface area contributed by atoms with Crippen LogP contribution in [0.2, 0.25) is 0 Å². The van der Waals surface area contributed by atoms with Crippen LogP contribution in [0, 0.1) is 0 Å². The number of rotatable bonds is 5. The Labute approximate surface area is 116 Å². The normalized spacial score (nSPS) is 13.1. The van der Waals surface area contributed by atoms with E-state index in [1.54, 1.807) is 0 Å². The molecule has 0 saturated heterocycles. The monoisotopic (exact) mass is 333 g/mol. The lowest BCUT2D eigenvalue weighted by Crippen LogP contribution is -2.36. The highest BCUT2D eigenvalue weighted by Crippen LogP contribution is 2.08. The molecule has 18 heavy (non-hydrogen) atoms. The Balaban J connectivity index is 2.57. The average molecular weight is 334 g/mol. The summed E-state index contributed by atoms with van der Waals surface area (Å²) in [6.45, 7) is 1.72. The van der Waals surface area contributed by atoms with Gasteiger partial charge in [-0.1, -0.05) is 40.2 Å². The molecule has 0 aliphatic carbocycles. The molecule has 0 saturated carbocycles. The Morgan fingerprint density at radius 1 is 1.28 bits per heavy atom. The molecule has 1 unspecified atom stereocenters. The Bertz CT molecular complexity index is 511. The van der Waals surface area contributed by atoms with Crippen LogP contribution in [0.25, 0.3) is 0 Å². The second-order valence-electron chi connectivity index (χ2n) is 4.14. The van der Waals surface area contributed by atoms with Crippen LogP contribution in [0.5, 0.6) is 0 Å². The van der Waals surface area contributed by atoms with Gasteiger partial charge >= 0.3 is 0 Å². The van der Waals surface area contributed by atoms with Crippen molar-refractivity contribution in [1.82, 2.24) is 5.32 Å². The van der Waals surface area contributed by atoms with Crippen LogP contribution in [0.3, 0.4) is 0 Å². The molecule has 1 N–H and O–H groups in total. The lowest BCUT2D eigenvalue weighted by molar-refractivity contribution is -0.120. The third-order valence-electron chi connectivity index (χ3n) is 2.66. The van der Waals surface area contributed by atoms with Crippen LogP contribution >= 0.6 is 15.9 Å². The molecule has 0 aliphatic rings. The number of carbonyl (C=O) groups excluding carboxylic acids is 1. The molecule has 4 nitrogen and oxygen atoms in total. The van der Waals surface area contributed by atoms with Crippen molar-refractivity contribution in [2.24, 2.45) is 0 Å². The van der Waals surface area contributed by atoms with E-state index in [2.05, 4.69) is 21.2 Å². The Kier molecular flexibility index (Phi) is 5.34. The summed E-state index contributed by atoms with van der Waals surface area (Å²) in [6, 6.07) is 7.72. The van der Waals surface area contributed by atoms with Gasteiger partial charge in [-0.05, 0) is 18.1 Å². The molecule has 1 atom stereocenters. The lowest BCUT2D eigenvalue weighted by Gasteiger charge is -2.10. The second-order valence-corrected chi connectivity index (χ2v) is 7.07. The summed E-state index contributed by atoms with van der Waals surface area (Å²) in [6.07, 6.45) is 1.06. The maximum atomic E-state index is 11.6. The van der Waals surface area contributed by atoms with Crippen molar-refractivity contribution in [3.8, 4) is 0 Å². The Hall–Kier alpha value is -0.880. The van der Waals surface area contributed by atoms with Crippen LogP contribution in [-0.4, -0.2) is 25.8 Å². The first-order valence-electron chi connectivity index (χ1n) is 5.45. The minimum absolute atomic E-state index is 0.335. The molecule has 1 aromatic rings. The maximum absolute atomic E-state index is 11.6. The fourth-order valence-electron chi connectivity index (χ4n) is 1.27. The molecule has 1 aromatic carbocycles. The third kappa shape index (κ3) is 4.42. The van der Waals surface area contributed by atoms with E-state index in [1.807, 2.05) is 24.3 Å². The molecule has 0 heterocycles. The van der Waals surface area contributed by atoms with E-state index in [4.69, 9.17) is 0 Å². The first kappa shape index (κ1) is 15.2. The number of carbonyl (C=O) groups is 1. The predicted octanol–water partition coefficient (Wildman–Crippen LogP) is 1.63. The van der Waals surface area contributed by atoms with E-state index in [1.165, 1.54) is 6.92 Å². The quantitative estimate of drug-likeness (QED) is 0.833. The molecule has 0 spiro atoms. The molecule has 6 heteroatoms. The summed E-state index contributed by atoms with van der Waals surface area (Å²) in [5.74, 6) is -0.470. The van der Waals surface area contributed by atoms with Crippen molar-refractivity contribution in [3.05, 3.63) is 35.4 Å². The maximum Gasteiger partial charge on any atom is 0.238 e. The molecule has 100 valence electrons. The second kappa shape index (κ2) is 6.33. The van der Waals surface area contributed by atoms with E-state index < -0.39 is 21.0 Å². The minimum Gasteiger partial charge on any atom is -0.351 e. The molecule has 0 bridgehead atoms. The molecule has 0 radical (unpaired) electrons. The number of hydrogen-bond acceptors (Lipinski definition) is 3. The van der Waals surface area contributed by atoms with Crippen LogP contribution in [0.1, 0.15) is 18.1 Å². The van der Waals surface area contributed by atoms with Crippen LogP contribution < -0.4 is 5.32 Å². The number of nitrogens with one attached hydrogen (secondary N) is 1. The minimum atomic E-state index is -3.34. The van der Waals surface area contributed by atoms with Gasteiger partial charge in [0, 0.05) is 18.1 Å². The van der Waals surface area contributed by atoms with Gasteiger partial charge in [0.05, 0.1) is 0 Å². The fraction of sp³-hybridized carbons (Fsp3) is 0.417. The number of amides is 1. The summed E-state index contributed by atoms with van der Waals surface area (Å²) in [4.78, 5) is 11.6. The van der Waals surface area contributed by atoms with E-state index in [0.29, 0.717) is 6.54 Å². The van der Waals surface area contributed by atoms with Gasteiger partial charge in [0.1, 0.15) is 5.25 Å². The van der Waals surface area contributed by atoms with Crippen molar-refractivity contribution in [1.29, 1.82) is 0 Å². The largest absolute Gasteiger partial charge is 0.351 e. The van der Waals surface area contributed by atoms with Crippen molar-refractivity contribution >= 4 is 31.7 Å². The fourth-order valence-corrected chi connectivity index (χ4v) is 2.12. The molecule has 1 amide bonds. The number of halogens is 1. The van der Waals surface area contributed by atoms with Crippen molar-refractivity contribution in [2.75, 3.05) is 6.26 Å². The van der Waals surface area contributed by atoms with Gasteiger partial charge in [-0.15, -0.1) is 0 Å². The molecular weight excluding hydrogens is 318 g/mol. The summed E-state index contributed by atoms with van der Waals surface area (Å²) < 4.78 is 22.4.